The minimum atomic E-state index is -0.0839. The van der Waals surface area contributed by atoms with Crippen LogP contribution in [0.1, 0.15) is 39.5 Å². The van der Waals surface area contributed by atoms with Gasteiger partial charge in [-0.2, -0.15) is 0 Å². The van der Waals surface area contributed by atoms with E-state index in [-0.39, 0.29) is 12.1 Å². The van der Waals surface area contributed by atoms with E-state index < -0.39 is 0 Å². The first-order valence-corrected chi connectivity index (χ1v) is 7.70. The van der Waals surface area contributed by atoms with Crippen LogP contribution in [0.2, 0.25) is 0 Å². The molecule has 0 rings (SSSR count). The van der Waals surface area contributed by atoms with Crippen LogP contribution in [-0.2, 0) is 0 Å². The molecular weight excluding hydrogens is 238 g/mol. The summed E-state index contributed by atoms with van der Waals surface area (Å²) in [4.78, 5) is 4.77. The van der Waals surface area contributed by atoms with Crippen molar-refractivity contribution in [3.63, 3.8) is 0 Å². The smallest absolute Gasteiger partial charge is 0.0613 e. The van der Waals surface area contributed by atoms with E-state index in [0.717, 1.165) is 38.9 Å². The maximum atomic E-state index is 9.54. The summed E-state index contributed by atoms with van der Waals surface area (Å²) in [6.07, 6.45) is 4.37. The number of likely N-dealkylation sites (N-methyl/N-ethyl adjacent to an activating group) is 2. The lowest BCUT2D eigenvalue weighted by Crippen LogP contribution is -2.46. The molecule has 1 unspecified atom stereocenters. The molecule has 0 aromatic carbocycles. The van der Waals surface area contributed by atoms with Crippen LogP contribution in [0.15, 0.2) is 0 Å². The summed E-state index contributed by atoms with van der Waals surface area (Å²) in [6, 6.07) is 0. The first kappa shape index (κ1) is 18.8. The van der Waals surface area contributed by atoms with Gasteiger partial charge >= 0.3 is 0 Å². The van der Waals surface area contributed by atoms with Gasteiger partial charge in [0.15, 0.2) is 0 Å². The summed E-state index contributed by atoms with van der Waals surface area (Å²) in [5, 5.41) is 12.8. The Morgan fingerprint density at radius 3 is 2.16 bits per heavy atom. The third-order valence-electron chi connectivity index (χ3n) is 4.04. The number of nitrogens with one attached hydrogen (secondary N) is 1. The van der Waals surface area contributed by atoms with Crippen molar-refractivity contribution in [3.8, 4) is 0 Å². The molecule has 0 saturated heterocycles. The Balaban J connectivity index is 4.09. The standard InChI is InChI=1S/C15H35N3O/c1-6-10-18(13-12-17(4)5)11-8-9-15(7-2,14-19)16-3/h16,19H,6-14H2,1-5H3. The molecule has 0 fully saturated rings. The highest BCUT2D eigenvalue weighted by molar-refractivity contribution is 4.84. The van der Waals surface area contributed by atoms with Gasteiger partial charge in [0.05, 0.1) is 6.61 Å². The lowest BCUT2D eigenvalue weighted by Gasteiger charge is -2.32. The van der Waals surface area contributed by atoms with Crippen molar-refractivity contribution in [1.29, 1.82) is 0 Å². The van der Waals surface area contributed by atoms with Gasteiger partial charge in [0.25, 0.3) is 0 Å². The Morgan fingerprint density at radius 2 is 1.74 bits per heavy atom. The van der Waals surface area contributed by atoms with Gasteiger partial charge in [0.1, 0.15) is 0 Å². The van der Waals surface area contributed by atoms with Crippen molar-refractivity contribution in [2.24, 2.45) is 0 Å². The Kier molecular flexibility index (Phi) is 10.5. The summed E-state index contributed by atoms with van der Waals surface area (Å²) in [7, 11) is 6.20. The molecular formula is C15H35N3O. The molecule has 0 aromatic rings. The zero-order valence-electron chi connectivity index (χ0n) is 13.7. The van der Waals surface area contributed by atoms with Crippen LogP contribution in [0.25, 0.3) is 0 Å². The molecule has 0 bridgehead atoms. The molecule has 4 nitrogen and oxygen atoms in total. The average Bonchev–Trinajstić information content (AvgIpc) is 2.41. The monoisotopic (exact) mass is 273 g/mol. The van der Waals surface area contributed by atoms with Crippen LogP contribution in [0.3, 0.4) is 0 Å². The molecule has 0 spiro atoms. The van der Waals surface area contributed by atoms with Crippen LogP contribution in [0, 0.1) is 0 Å². The van der Waals surface area contributed by atoms with Gasteiger partial charge in [-0.3, -0.25) is 0 Å². The van der Waals surface area contributed by atoms with E-state index >= 15 is 0 Å². The first-order chi connectivity index (χ1) is 9.03. The Bertz CT molecular complexity index is 197. The van der Waals surface area contributed by atoms with Gasteiger partial charge in [-0.1, -0.05) is 13.8 Å². The average molecular weight is 273 g/mol. The zero-order valence-corrected chi connectivity index (χ0v) is 13.7. The van der Waals surface area contributed by atoms with Crippen LogP contribution in [0.5, 0.6) is 0 Å². The molecule has 0 radical (unpaired) electrons. The number of rotatable bonds is 12. The van der Waals surface area contributed by atoms with E-state index in [1.807, 2.05) is 7.05 Å². The maximum Gasteiger partial charge on any atom is 0.0613 e. The number of hydrogen-bond donors (Lipinski definition) is 2. The Hall–Kier alpha value is -0.160. The van der Waals surface area contributed by atoms with E-state index in [1.165, 1.54) is 13.0 Å². The minimum Gasteiger partial charge on any atom is -0.394 e. The van der Waals surface area contributed by atoms with Gasteiger partial charge in [0.2, 0.25) is 0 Å². The largest absolute Gasteiger partial charge is 0.394 e. The summed E-state index contributed by atoms with van der Waals surface area (Å²) >= 11 is 0. The predicted octanol–water partition coefficient (Wildman–Crippen LogP) is 1.40. The molecule has 1 atom stereocenters. The number of aliphatic hydroxyl groups is 1. The second kappa shape index (κ2) is 10.6. The molecule has 0 aliphatic carbocycles. The SMILES string of the molecule is CCCN(CCCC(CC)(CO)NC)CCN(C)C. The molecule has 0 heterocycles. The van der Waals surface area contributed by atoms with Crippen LogP contribution >= 0.6 is 0 Å². The van der Waals surface area contributed by atoms with E-state index in [4.69, 9.17) is 0 Å². The molecule has 0 amide bonds. The Labute approximate surface area is 120 Å². The topological polar surface area (TPSA) is 38.7 Å². The summed E-state index contributed by atoms with van der Waals surface area (Å²) < 4.78 is 0. The summed E-state index contributed by atoms with van der Waals surface area (Å²) in [6.45, 7) is 9.16. The molecule has 4 heteroatoms. The molecule has 0 aliphatic heterocycles. The highest BCUT2D eigenvalue weighted by Gasteiger charge is 2.24. The van der Waals surface area contributed by atoms with E-state index in [0.29, 0.717) is 0 Å². The van der Waals surface area contributed by atoms with Crippen molar-refractivity contribution >= 4 is 0 Å². The van der Waals surface area contributed by atoms with Crippen molar-refractivity contribution in [2.75, 3.05) is 53.9 Å². The number of nitrogens with zero attached hydrogens (tertiary/aromatic N) is 2. The first-order valence-electron chi connectivity index (χ1n) is 7.70. The number of aliphatic hydroxyl groups excluding tert-OH is 1. The van der Waals surface area contributed by atoms with Crippen molar-refractivity contribution < 1.29 is 5.11 Å². The lowest BCUT2D eigenvalue weighted by molar-refractivity contribution is 0.144. The van der Waals surface area contributed by atoms with E-state index in [9.17, 15) is 5.11 Å². The number of hydrogen-bond acceptors (Lipinski definition) is 4. The fraction of sp³-hybridized carbons (Fsp3) is 1.00. The third kappa shape index (κ3) is 7.88. The normalized spacial score (nSPS) is 15.2. The zero-order chi connectivity index (χ0) is 14.7. The third-order valence-corrected chi connectivity index (χ3v) is 4.04. The molecule has 116 valence electrons. The predicted molar refractivity (Wildman–Crippen MR) is 83.7 cm³/mol. The van der Waals surface area contributed by atoms with Crippen LogP contribution < -0.4 is 5.32 Å². The van der Waals surface area contributed by atoms with Crippen LogP contribution in [0.4, 0.5) is 0 Å². The highest BCUT2D eigenvalue weighted by Crippen LogP contribution is 2.16. The Morgan fingerprint density at radius 1 is 1.05 bits per heavy atom. The second-order valence-corrected chi connectivity index (χ2v) is 5.79. The van der Waals surface area contributed by atoms with E-state index in [1.54, 1.807) is 0 Å². The molecule has 19 heavy (non-hydrogen) atoms. The van der Waals surface area contributed by atoms with Gasteiger partial charge in [-0.25, -0.2) is 0 Å². The van der Waals surface area contributed by atoms with Gasteiger partial charge in [0, 0.05) is 18.6 Å². The van der Waals surface area contributed by atoms with Crippen LogP contribution in [-0.4, -0.2) is 74.4 Å². The minimum absolute atomic E-state index is 0.0839. The van der Waals surface area contributed by atoms with E-state index in [2.05, 4.69) is 43.1 Å². The van der Waals surface area contributed by atoms with Gasteiger partial charge in [-0.05, 0) is 59.9 Å². The highest BCUT2D eigenvalue weighted by atomic mass is 16.3. The molecule has 0 aromatic heterocycles. The fourth-order valence-electron chi connectivity index (χ4n) is 2.38. The fourth-order valence-corrected chi connectivity index (χ4v) is 2.38. The second-order valence-electron chi connectivity index (χ2n) is 5.79. The van der Waals surface area contributed by atoms with Gasteiger partial charge in [-0.15, -0.1) is 0 Å². The summed E-state index contributed by atoms with van der Waals surface area (Å²) in [5.74, 6) is 0. The molecule has 0 aliphatic rings. The summed E-state index contributed by atoms with van der Waals surface area (Å²) in [5.41, 5.74) is -0.0839. The van der Waals surface area contributed by atoms with Crippen molar-refractivity contribution in [2.45, 2.75) is 45.1 Å². The van der Waals surface area contributed by atoms with Gasteiger partial charge < -0.3 is 20.2 Å². The van der Waals surface area contributed by atoms with Crippen molar-refractivity contribution in [3.05, 3.63) is 0 Å². The molecule has 0 saturated carbocycles. The van der Waals surface area contributed by atoms with Crippen molar-refractivity contribution in [1.82, 2.24) is 15.1 Å². The molecule has 2 N–H and O–H groups in total. The maximum absolute atomic E-state index is 9.54. The lowest BCUT2D eigenvalue weighted by atomic mass is 9.91. The quantitative estimate of drug-likeness (QED) is 0.564.